The molecule has 0 aliphatic heterocycles. The van der Waals surface area contributed by atoms with Gasteiger partial charge in [0.15, 0.2) is 0 Å². The van der Waals surface area contributed by atoms with Gasteiger partial charge in [0.2, 0.25) is 0 Å². The van der Waals surface area contributed by atoms with Crippen molar-refractivity contribution < 1.29 is 47.2 Å². The molecule has 2 aromatic carbocycles. The molecule has 4 heteroatoms. The first-order valence-electron chi connectivity index (χ1n) is 8.51. The molecule has 4 rings (SSSR count). The van der Waals surface area contributed by atoms with Crippen molar-refractivity contribution in [2.24, 2.45) is 0 Å². The van der Waals surface area contributed by atoms with Crippen LogP contribution in [0, 0.1) is 6.92 Å². The summed E-state index contributed by atoms with van der Waals surface area (Å²) in [6.07, 6.45) is 7.94. The summed E-state index contributed by atoms with van der Waals surface area (Å²) in [5, 5.41) is 0. The summed E-state index contributed by atoms with van der Waals surface area (Å²) in [6, 6.07) is 14.1. The third-order valence-electron chi connectivity index (χ3n) is 4.79. The summed E-state index contributed by atoms with van der Waals surface area (Å²) in [5.41, 5.74) is 10.8. The zero-order valence-electron chi connectivity index (χ0n) is 14.8. The Hall–Kier alpha value is -0.400. The van der Waals surface area contributed by atoms with Crippen LogP contribution in [0.3, 0.4) is 0 Å². The fraction of sp³-hybridized carbons (Fsp3) is 0.238. The van der Waals surface area contributed by atoms with Crippen LogP contribution >= 0.6 is 0 Å². The number of rotatable bonds is 3. The van der Waals surface area contributed by atoms with Crippen LogP contribution in [0.4, 0.5) is 0 Å². The smallest absolute Gasteiger partial charge is 1.00 e. The molecule has 0 amide bonds. The molecule has 0 N–H and O–H groups in total. The number of allylic oxidation sites excluding steroid dienone is 4. The van der Waals surface area contributed by atoms with Crippen molar-refractivity contribution in [3.05, 3.63) is 76.9 Å². The number of hydrogen-bond acceptors (Lipinski definition) is 0. The van der Waals surface area contributed by atoms with Gasteiger partial charge in [-0.15, -0.1) is 0 Å². The monoisotopic (exact) mass is 462 g/mol. The van der Waals surface area contributed by atoms with E-state index in [4.69, 9.17) is 0 Å². The predicted molar refractivity (Wildman–Crippen MR) is 99.1 cm³/mol. The molecule has 0 radical (unpaired) electrons. The van der Waals surface area contributed by atoms with Crippen LogP contribution in [0.15, 0.2) is 54.6 Å². The molecule has 0 nitrogen and oxygen atoms in total. The van der Waals surface area contributed by atoms with E-state index in [1.165, 1.54) is 22.3 Å². The Morgan fingerprint density at radius 3 is 2.40 bits per heavy atom. The van der Waals surface area contributed by atoms with Crippen LogP contribution in [0.25, 0.3) is 16.7 Å². The van der Waals surface area contributed by atoms with Gasteiger partial charge in [-0.1, -0.05) is 0 Å². The molecule has 128 valence electrons. The minimum Gasteiger partial charge on any atom is -1.00 e. The average Bonchev–Trinajstić information content (AvgIpc) is 3.14. The van der Waals surface area contributed by atoms with Gasteiger partial charge < -0.3 is 24.8 Å². The molecular weight excluding hydrogens is 442 g/mol. The van der Waals surface area contributed by atoms with Gasteiger partial charge in [-0.05, 0) is 0 Å². The van der Waals surface area contributed by atoms with Crippen LogP contribution in [-0.4, -0.2) is 5.92 Å². The molecule has 0 saturated carbocycles. The number of halogens is 2. The van der Waals surface area contributed by atoms with Crippen molar-refractivity contribution in [2.75, 3.05) is 0 Å². The Bertz CT molecular complexity index is 840. The Labute approximate surface area is 175 Å². The van der Waals surface area contributed by atoms with E-state index in [0.717, 1.165) is 10.0 Å². The molecule has 0 fully saturated rings. The van der Waals surface area contributed by atoms with Crippen molar-refractivity contribution in [1.82, 2.24) is 0 Å². The van der Waals surface area contributed by atoms with Crippen LogP contribution < -0.4 is 24.8 Å². The summed E-state index contributed by atoms with van der Waals surface area (Å²) in [7, 11) is 0. The third kappa shape index (κ3) is 3.83. The Kier molecular flexibility index (Phi) is 7.13. The Morgan fingerprint density at radius 2 is 1.72 bits per heavy atom. The van der Waals surface area contributed by atoms with E-state index in [1.807, 2.05) is 0 Å². The van der Waals surface area contributed by atoms with E-state index in [0.29, 0.717) is 0 Å². The molecule has 2 aliphatic carbocycles. The van der Waals surface area contributed by atoms with E-state index in [1.54, 1.807) is 16.7 Å². The molecule has 25 heavy (non-hydrogen) atoms. The van der Waals surface area contributed by atoms with Crippen molar-refractivity contribution >= 4 is 11.5 Å². The second-order valence-corrected chi connectivity index (χ2v) is 22.0. The largest absolute Gasteiger partial charge is 1.00 e. The maximum atomic E-state index is 2.55. The number of aryl methyl sites for hydroxylation is 1. The number of fused-ring (bicyclic) bond motifs is 3. The first kappa shape index (κ1) is 20.9. The maximum Gasteiger partial charge on any atom is -1.00 e. The van der Waals surface area contributed by atoms with E-state index >= 15 is 0 Å². The number of benzene rings is 2. The zero-order valence-corrected chi connectivity index (χ0v) is 19.9. The zero-order chi connectivity index (χ0) is 16.0. The van der Waals surface area contributed by atoms with Gasteiger partial charge in [-0.25, -0.2) is 0 Å². The molecule has 2 aliphatic rings. The van der Waals surface area contributed by atoms with Crippen LogP contribution in [0.2, 0.25) is 13.1 Å². The molecule has 1 unspecified atom stereocenters. The summed E-state index contributed by atoms with van der Waals surface area (Å²) in [5.74, 6) is -0.473. The Morgan fingerprint density at radius 1 is 1.00 bits per heavy atom. The Balaban J connectivity index is 0.00000113. The minimum absolute atomic E-state index is 0. The minimum atomic E-state index is -0.473. The van der Waals surface area contributed by atoms with Crippen molar-refractivity contribution in [3.8, 4) is 11.1 Å². The number of hydrogen-bond donors (Lipinski definition) is 0. The van der Waals surface area contributed by atoms with E-state index in [9.17, 15) is 0 Å². The van der Waals surface area contributed by atoms with Crippen molar-refractivity contribution in [2.45, 2.75) is 30.1 Å². The molecule has 2 aromatic rings. The van der Waals surface area contributed by atoms with Crippen LogP contribution in [0.5, 0.6) is 0 Å². The first-order chi connectivity index (χ1) is 11.1. The molecule has 0 saturated heterocycles. The second-order valence-electron chi connectivity index (χ2n) is 6.94. The second kappa shape index (κ2) is 8.53. The van der Waals surface area contributed by atoms with E-state index in [-0.39, 0.29) is 47.2 Å². The molecular formula is C21H22Cl2SiZr. The van der Waals surface area contributed by atoms with E-state index in [2.05, 4.69) is 74.6 Å². The van der Waals surface area contributed by atoms with Gasteiger partial charge in [-0.2, -0.15) is 0 Å². The van der Waals surface area contributed by atoms with Crippen molar-refractivity contribution in [3.63, 3.8) is 0 Å². The topological polar surface area (TPSA) is 0 Å². The van der Waals surface area contributed by atoms with Gasteiger partial charge in [0, 0.05) is 0 Å². The fourth-order valence-corrected chi connectivity index (χ4v) is 13.8. The maximum absolute atomic E-state index is 2.55. The van der Waals surface area contributed by atoms with Gasteiger partial charge in [0.05, 0.1) is 0 Å². The van der Waals surface area contributed by atoms with Gasteiger partial charge >= 0.3 is 152 Å². The summed E-state index contributed by atoms with van der Waals surface area (Å²) >= 11 is -0.384. The molecule has 1 atom stereocenters. The summed E-state index contributed by atoms with van der Waals surface area (Å²) < 4.78 is 0.772. The first-order valence-corrected chi connectivity index (χ1v) is 17.1. The normalized spacial score (nSPS) is 16.5. The SMILES string of the molecule is Cc1cc(C2=CC=CC2)c2c(c1)-c1ccccc1[CH]2[Zr+2][SiH](C)C.[Cl-].[Cl-]. The molecule has 0 heterocycles. The van der Waals surface area contributed by atoms with Crippen LogP contribution in [0.1, 0.15) is 32.3 Å². The molecule has 0 aromatic heterocycles. The fourth-order valence-electron chi connectivity index (χ4n) is 3.90. The molecule has 0 bridgehead atoms. The quantitative estimate of drug-likeness (QED) is 0.537. The predicted octanol–water partition coefficient (Wildman–Crippen LogP) is -0.518. The van der Waals surface area contributed by atoms with E-state index < -0.39 is 5.92 Å². The van der Waals surface area contributed by atoms with Gasteiger partial charge in [0.1, 0.15) is 0 Å². The standard InChI is InChI=1S/C19H15.C2H7Si.2ClH.Zr/c1-13-10-17(14-6-2-3-7-14)19-12-15-8-4-5-9-16(15)18(19)11-13;1-3-2;;;/h2-6,8-12H,7H2,1H3;3H,1-2H3;2*1H;/q;;;;+2/p-2. The van der Waals surface area contributed by atoms with Crippen LogP contribution in [-0.2, 0) is 22.4 Å². The molecule has 0 spiro atoms. The summed E-state index contributed by atoms with van der Waals surface area (Å²) in [4.78, 5) is 0. The van der Waals surface area contributed by atoms with Crippen molar-refractivity contribution in [1.29, 1.82) is 0 Å². The van der Waals surface area contributed by atoms with Gasteiger partial charge in [-0.3, -0.25) is 0 Å². The third-order valence-corrected chi connectivity index (χ3v) is 14.6. The van der Waals surface area contributed by atoms with Gasteiger partial charge in [0.25, 0.3) is 0 Å². The average molecular weight is 465 g/mol. The summed E-state index contributed by atoms with van der Waals surface area (Å²) in [6.45, 7) is 7.36.